The Kier molecular flexibility index (Phi) is 9.02. The highest BCUT2D eigenvalue weighted by atomic mass is 16.5. The normalized spacial score (nSPS) is 28.3. The minimum Gasteiger partial charge on any atom is -0.489 e. The fourth-order valence-electron chi connectivity index (χ4n) is 7.41. The number of Topliss-reactive ketones (excluding diaryl/α,β-unsaturated/α-hetero) is 3. The van der Waals surface area contributed by atoms with Gasteiger partial charge in [0.25, 0.3) is 0 Å². The molecule has 2 aliphatic carbocycles. The lowest BCUT2D eigenvalue weighted by Crippen LogP contribution is -2.68. The van der Waals surface area contributed by atoms with Crippen molar-refractivity contribution in [3.63, 3.8) is 0 Å². The van der Waals surface area contributed by atoms with E-state index in [1.54, 1.807) is 38.1 Å². The Balaban J connectivity index is 1.98. The van der Waals surface area contributed by atoms with Gasteiger partial charge in [-0.25, -0.2) is 0 Å². The number of allylic oxidation sites excluding steroid dienone is 7. The number of hydrogen-bond acceptors (Lipinski definition) is 5. The van der Waals surface area contributed by atoms with Crippen molar-refractivity contribution >= 4 is 17.3 Å². The standard InChI is InChI=1S/C38H50O5/c1-24(2)14-13-15-26(5)20-21-37-23-28(19-18-25(3)4)35(6,7)38(34(37)41,31(39)27-16-11-10-12-17-27)33-29(32(37)40)22-30(43-33)36(8,9)42/h10-12,14,16-18,20,28,30,42H,13,15,19,21-23H2,1-9H3/b26-20+/t28-,30-,37-,38+/m0/s1. The number of ether oxygens (including phenoxy) is 1. The van der Waals surface area contributed by atoms with Crippen molar-refractivity contribution in [2.75, 3.05) is 0 Å². The Hall–Kier alpha value is -3.05. The second-order valence-electron chi connectivity index (χ2n) is 14.7. The van der Waals surface area contributed by atoms with Crippen LogP contribution in [0.5, 0.6) is 0 Å². The number of carbonyl (C=O) groups is 3. The van der Waals surface area contributed by atoms with Crippen LogP contribution in [0.1, 0.15) is 111 Å². The fraction of sp³-hybridized carbons (Fsp3) is 0.553. The zero-order chi connectivity index (χ0) is 32.0. The number of carbonyl (C=O) groups excluding carboxylic acids is 3. The molecule has 0 amide bonds. The van der Waals surface area contributed by atoms with Crippen LogP contribution < -0.4 is 0 Å². The van der Waals surface area contributed by atoms with E-state index in [2.05, 4.69) is 39.0 Å². The van der Waals surface area contributed by atoms with Gasteiger partial charge in [-0.1, -0.05) is 79.1 Å². The van der Waals surface area contributed by atoms with Gasteiger partial charge in [0, 0.05) is 17.6 Å². The van der Waals surface area contributed by atoms with Crippen molar-refractivity contribution in [3.05, 3.63) is 82.2 Å². The molecule has 5 nitrogen and oxygen atoms in total. The van der Waals surface area contributed by atoms with Crippen LogP contribution in [0.25, 0.3) is 0 Å². The Morgan fingerprint density at radius 3 is 2.21 bits per heavy atom. The second kappa shape index (κ2) is 11.8. The van der Waals surface area contributed by atoms with E-state index in [-0.39, 0.29) is 41.9 Å². The molecule has 1 aromatic rings. The maximum atomic E-state index is 15.3. The molecule has 0 unspecified atom stereocenters. The predicted octanol–water partition coefficient (Wildman–Crippen LogP) is 8.29. The maximum Gasteiger partial charge on any atom is 0.184 e. The highest BCUT2D eigenvalue weighted by molar-refractivity contribution is 6.30. The summed E-state index contributed by atoms with van der Waals surface area (Å²) in [6, 6.07) is 8.94. The van der Waals surface area contributed by atoms with Gasteiger partial charge >= 0.3 is 0 Å². The van der Waals surface area contributed by atoms with E-state index in [4.69, 9.17) is 4.74 Å². The topological polar surface area (TPSA) is 80.7 Å². The summed E-state index contributed by atoms with van der Waals surface area (Å²) in [5, 5.41) is 11.0. The highest BCUT2D eigenvalue weighted by Gasteiger charge is 2.76. The summed E-state index contributed by atoms with van der Waals surface area (Å²) in [4.78, 5) is 45.0. The van der Waals surface area contributed by atoms with Gasteiger partial charge in [-0.2, -0.15) is 0 Å². The molecule has 0 radical (unpaired) electrons. The number of hydrogen-bond donors (Lipinski definition) is 1. The first-order chi connectivity index (χ1) is 20.0. The number of aliphatic hydroxyl groups is 1. The fourth-order valence-corrected chi connectivity index (χ4v) is 7.41. The molecule has 1 fully saturated rings. The van der Waals surface area contributed by atoms with Crippen molar-refractivity contribution in [2.24, 2.45) is 22.2 Å². The molecule has 4 rings (SSSR count). The van der Waals surface area contributed by atoms with E-state index in [0.717, 1.165) is 24.0 Å². The monoisotopic (exact) mass is 586 g/mol. The van der Waals surface area contributed by atoms with Gasteiger partial charge in [-0.05, 0) is 91.9 Å². The third kappa shape index (κ3) is 5.54. The van der Waals surface area contributed by atoms with Crippen LogP contribution in [0.2, 0.25) is 0 Å². The van der Waals surface area contributed by atoms with Gasteiger partial charge in [0.2, 0.25) is 0 Å². The molecule has 1 saturated carbocycles. The Labute approximate surface area is 258 Å². The lowest BCUT2D eigenvalue weighted by atomic mass is 9.39. The summed E-state index contributed by atoms with van der Waals surface area (Å²) in [6.45, 7) is 17.6. The van der Waals surface area contributed by atoms with Crippen LogP contribution in [0.15, 0.2) is 76.6 Å². The lowest BCUT2D eigenvalue weighted by molar-refractivity contribution is -0.165. The van der Waals surface area contributed by atoms with Gasteiger partial charge in [0.05, 0.1) is 11.0 Å². The number of ketones is 3. The van der Waals surface area contributed by atoms with Crippen molar-refractivity contribution < 1.29 is 24.2 Å². The first kappa shape index (κ1) is 32.9. The van der Waals surface area contributed by atoms with Crippen LogP contribution in [0.4, 0.5) is 0 Å². The van der Waals surface area contributed by atoms with Crippen molar-refractivity contribution in [1.29, 1.82) is 0 Å². The number of rotatable bonds is 10. The van der Waals surface area contributed by atoms with E-state index in [0.29, 0.717) is 24.0 Å². The Morgan fingerprint density at radius 2 is 1.63 bits per heavy atom. The molecule has 1 N–H and O–H groups in total. The summed E-state index contributed by atoms with van der Waals surface area (Å²) in [7, 11) is 0. The largest absolute Gasteiger partial charge is 0.489 e. The highest BCUT2D eigenvalue weighted by Crippen LogP contribution is 2.68. The lowest BCUT2D eigenvalue weighted by Gasteiger charge is -2.59. The van der Waals surface area contributed by atoms with E-state index in [1.807, 2.05) is 33.8 Å². The van der Waals surface area contributed by atoms with Crippen molar-refractivity contribution in [2.45, 2.75) is 113 Å². The first-order valence-electron chi connectivity index (χ1n) is 15.7. The van der Waals surface area contributed by atoms with Gasteiger partial charge in [0.1, 0.15) is 11.9 Å². The molecule has 1 heterocycles. The molecule has 4 atom stereocenters. The molecule has 1 aromatic carbocycles. The summed E-state index contributed by atoms with van der Waals surface area (Å²) >= 11 is 0. The third-order valence-corrected chi connectivity index (χ3v) is 10.2. The molecule has 3 aliphatic rings. The average molecular weight is 587 g/mol. The Bertz CT molecular complexity index is 1410. The van der Waals surface area contributed by atoms with Gasteiger partial charge in [-0.15, -0.1) is 0 Å². The molecule has 43 heavy (non-hydrogen) atoms. The average Bonchev–Trinajstić information content (AvgIpc) is 3.38. The predicted molar refractivity (Wildman–Crippen MR) is 171 cm³/mol. The first-order valence-corrected chi connectivity index (χ1v) is 15.7. The smallest absolute Gasteiger partial charge is 0.184 e. The van der Waals surface area contributed by atoms with Gasteiger partial charge < -0.3 is 9.84 Å². The molecule has 5 heteroatoms. The SMILES string of the molecule is CC(C)=CCC/C(C)=C/C[C@@]12C[C@H](CC=C(C)C)C(C)(C)[C@@](C(=O)c3ccccc3)(C1=O)C1=C(C[C@@H](C(C)(C)O)O1)C2=O. The van der Waals surface area contributed by atoms with Crippen LogP contribution in [-0.4, -0.2) is 34.2 Å². The van der Waals surface area contributed by atoms with Crippen LogP contribution in [-0.2, 0) is 14.3 Å². The minimum atomic E-state index is -1.69. The van der Waals surface area contributed by atoms with Gasteiger partial charge in [0.15, 0.2) is 22.8 Å². The molecule has 232 valence electrons. The molecule has 2 bridgehead atoms. The third-order valence-electron chi connectivity index (χ3n) is 10.2. The van der Waals surface area contributed by atoms with E-state index < -0.39 is 27.9 Å². The number of fused-ring (bicyclic) bond motifs is 3. The van der Waals surface area contributed by atoms with E-state index in [1.165, 1.54) is 5.57 Å². The summed E-state index contributed by atoms with van der Waals surface area (Å²) in [6.07, 6.45) is 8.83. The number of benzene rings is 1. The Morgan fingerprint density at radius 1 is 1.00 bits per heavy atom. The molecule has 0 aromatic heterocycles. The molecule has 1 aliphatic heterocycles. The summed E-state index contributed by atoms with van der Waals surface area (Å²) in [5.41, 5.74) is -0.867. The maximum absolute atomic E-state index is 15.3. The van der Waals surface area contributed by atoms with Gasteiger partial charge in [-0.3, -0.25) is 14.4 Å². The van der Waals surface area contributed by atoms with E-state index in [9.17, 15) is 14.7 Å². The van der Waals surface area contributed by atoms with E-state index >= 15 is 4.79 Å². The molecule has 0 spiro atoms. The summed E-state index contributed by atoms with van der Waals surface area (Å²) < 4.78 is 6.49. The zero-order valence-corrected chi connectivity index (χ0v) is 27.6. The molecule has 0 saturated heterocycles. The zero-order valence-electron chi connectivity index (χ0n) is 27.6. The van der Waals surface area contributed by atoms with Crippen molar-refractivity contribution in [3.8, 4) is 0 Å². The van der Waals surface area contributed by atoms with Crippen LogP contribution in [0.3, 0.4) is 0 Å². The van der Waals surface area contributed by atoms with Crippen LogP contribution >= 0.6 is 0 Å². The quantitative estimate of drug-likeness (QED) is 0.169. The van der Waals surface area contributed by atoms with Crippen LogP contribution in [0, 0.1) is 22.2 Å². The minimum absolute atomic E-state index is 0.144. The van der Waals surface area contributed by atoms with Crippen molar-refractivity contribution in [1.82, 2.24) is 0 Å². The summed E-state index contributed by atoms with van der Waals surface area (Å²) in [5.74, 6) is -0.872. The molecular weight excluding hydrogens is 536 g/mol. The second-order valence-corrected chi connectivity index (χ2v) is 14.7. The molecular formula is C38H50O5.